The monoisotopic (exact) mass is 313 g/mol. The van der Waals surface area contributed by atoms with Gasteiger partial charge in [-0.3, -0.25) is 9.89 Å². The van der Waals surface area contributed by atoms with Gasteiger partial charge in [0.2, 0.25) is 0 Å². The highest BCUT2D eigenvalue weighted by molar-refractivity contribution is 5.80. The molecule has 0 aliphatic carbocycles. The quantitative estimate of drug-likeness (QED) is 0.908. The maximum absolute atomic E-state index is 11.9. The van der Waals surface area contributed by atoms with E-state index in [9.17, 15) is 9.90 Å². The van der Waals surface area contributed by atoms with E-state index < -0.39 is 6.10 Å². The standard InChI is InChI=1S/C18H23N3O2/c1-13(22)18(23)21-9-7-15(8-10-21)17-16(12-19-20-17)11-14-5-3-2-4-6-14/h2-6,12-13,15,22H,7-11H2,1H3,(H,19,20). The van der Waals surface area contributed by atoms with Crippen molar-refractivity contribution in [3.63, 3.8) is 0 Å². The van der Waals surface area contributed by atoms with Gasteiger partial charge >= 0.3 is 0 Å². The van der Waals surface area contributed by atoms with Crippen molar-refractivity contribution in [2.75, 3.05) is 13.1 Å². The minimum atomic E-state index is -0.910. The summed E-state index contributed by atoms with van der Waals surface area (Å²) < 4.78 is 0. The van der Waals surface area contributed by atoms with Crippen LogP contribution < -0.4 is 0 Å². The highest BCUT2D eigenvalue weighted by Gasteiger charge is 2.27. The third-order valence-corrected chi connectivity index (χ3v) is 4.56. The number of nitrogens with zero attached hydrogens (tertiary/aromatic N) is 2. The molecule has 5 nitrogen and oxygen atoms in total. The number of aliphatic hydroxyl groups excluding tert-OH is 1. The van der Waals surface area contributed by atoms with Crippen LogP contribution >= 0.6 is 0 Å². The van der Waals surface area contributed by atoms with E-state index in [1.54, 1.807) is 4.90 Å². The van der Waals surface area contributed by atoms with E-state index >= 15 is 0 Å². The summed E-state index contributed by atoms with van der Waals surface area (Å²) in [7, 11) is 0. The molecule has 1 aromatic carbocycles. The minimum Gasteiger partial charge on any atom is -0.384 e. The van der Waals surface area contributed by atoms with E-state index in [0.717, 1.165) is 19.3 Å². The number of hydrogen-bond acceptors (Lipinski definition) is 3. The van der Waals surface area contributed by atoms with Crippen molar-refractivity contribution in [3.05, 3.63) is 53.3 Å². The van der Waals surface area contributed by atoms with Gasteiger partial charge < -0.3 is 10.0 Å². The molecule has 2 N–H and O–H groups in total. The van der Waals surface area contributed by atoms with Gasteiger partial charge in [-0.25, -0.2) is 0 Å². The number of aliphatic hydroxyl groups is 1. The van der Waals surface area contributed by atoms with Gasteiger partial charge in [-0.15, -0.1) is 0 Å². The van der Waals surface area contributed by atoms with Crippen LogP contribution in [0.3, 0.4) is 0 Å². The first-order valence-corrected chi connectivity index (χ1v) is 8.18. The summed E-state index contributed by atoms with van der Waals surface area (Å²) in [5.41, 5.74) is 3.70. The van der Waals surface area contributed by atoms with Crippen LogP contribution in [-0.2, 0) is 11.2 Å². The van der Waals surface area contributed by atoms with E-state index in [-0.39, 0.29) is 5.91 Å². The van der Waals surface area contributed by atoms with Crippen LogP contribution in [0.15, 0.2) is 36.5 Å². The number of aromatic nitrogens is 2. The van der Waals surface area contributed by atoms with Crippen molar-refractivity contribution in [3.8, 4) is 0 Å². The molecule has 5 heteroatoms. The summed E-state index contributed by atoms with van der Waals surface area (Å²) in [6.07, 6.45) is 3.69. The Morgan fingerprint density at radius 2 is 2.04 bits per heavy atom. The van der Waals surface area contributed by atoms with Gasteiger partial charge in [0.1, 0.15) is 6.10 Å². The maximum atomic E-state index is 11.9. The molecule has 2 aromatic rings. The number of aromatic amines is 1. The molecule has 1 saturated heterocycles. The zero-order chi connectivity index (χ0) is 16.2. The summed E-state index contributed by atoms with van der Waals surface area (Å²) in [5.74, 6) is 0.229. The van der Waals surface area contributed by atoms with Crippen molar-refractivity contribution in [2.24, 2.45) is 0 Å². The van der Waals surface area contributed by atoms with Gasteiger partial charge in [-0.05, 0) is 30.9 Å². The largest absolute Gasteiger partial charge is 0.384 e. The van der Waals surface area contributed by atoms with E-state index in [1.165, 1.54) is 23.7 Å². The Kier molecular flexibility index (Phi) is 4.76. The van der Waals surface area contributed by atoms with Gasteiger partial charge in [0.15, 0.2) is 0 Å². The first-order valence-electron chi connectivity index (χ1n) is 8.18. The van der Waals surface area contributed by atoms with Crippen LogP contribution in [0.25, 0.3) is 0 Å². The second-order valence-electron chi connectivity index (χ2n) is 6.25. The molecule has 1 unspecified atom stereocenters. The summed E-state index contributed by atoms with van der Waals surface area (Å²) >= 11 is 0. The predicted octanol–water partition coefficient (Wildman–Crippen LogP) is 2.09. The average molecular weight is 313 g/mol. The maximum Gasteiger partial charge on any atom is 0.251 e. The highest BCUT2D eigenvalue weighted by atomic mass is 16.3. The molecule has 3 rings (SSSR count). The number of rotatable bonds is 4. The van der Waals surface area contributed by atoms with Crippen molar-refractivity contribution < 1.29 is 9.90 Å². The second-order valence-corrected chi connectivity index (χ2v) is 6.25. The van der Waals surface area contributed by atoms with Crippen LogP contribution in [0.5, 0.6) is 0 Å². The lowest BCUT2D eigenvalue weighted by Gasteiger charge is -2.32. The van der Waals surface area contributed by atoms with Gasteiger partial charge in [-0.2, -0.15) is 5.10 Å². The van der Waals surface area contributed by atoms with Crippen molar-refractivity contribution in [1.29, 1.82) is 0 Å². The lowest BCUT2D eigenvalue weighted by atomic mass is 9.89. The lowest BCUT2D eigenvalue weighted by Crippen LogP contribution is -2.42. The topological polar surface area (TPSA) is 69.2 Å². The van der Waals surface area contributed by atoms with Crippen LogP contribution in [-0.4, -0.2) is 45.3 Å². The Morgan fingerprint density at radius 3 is 2.70 bits per heavy atom. The van der Waals surface area contributed by atoms with Gasteiger partial charge in [0.05, 0.1) is 6.20 Å². The zero-order valence-corrected chi connectivity index (χ0v) is 13.4. The number of nitrogens with one attached hydrogen (secondary N) is 1. The molecule has 0 radical (unpaired) electrons. The van der Waals surface area contributed by atoms with E-state index in [1.807, 2.05) is 12.3 Å². The molecular formula is C18H23N3O2. The molecule has 0 bridgehead atoms. The third kappa shape index (κ3) is 3.62. The smallest absolute Gasteiger partial charge is 0.251 e. The van der Waals surface area contributed by atoms with E-state index in [4.69, 9.17) is 0 Å². The molecule has 0 spiro atoms. The van der Waals surface area contributed by atoms with Crippen LogP contribution in [0.2, 0.25) is 0 Å². The van der Waals surface area contributed by atoms with E-state index in [2.05, 4.69) is 34.5 Å². The number of piperidine rings is 1. The molecule has 0 saturated carbocycles. The normalized spacial score (nSPS) is 17.2. The second kappa shape index (κ2) is 6.96. The Labute approximate surface area is 136 Å². The van der Waals surface area contributed by atoms with Crippen LogP contribution in [0, 0.1) is 0 Å². The van der Waals surface area contributed by atoms with E-state index in [0.29, 0.717) is 19.0 Å². The number of amides is 1. The Bertz CT molecular complexity index is 643. The predicted molar refractivity (Wildman–Crippen MR) is 88.1 cm³/mol. The van der Waals surface area contributed by atoms with Crippen molar-refractivity contribution in [1.82, 2.24) is 15.1 Å². The molecule has 1 aromatic heterocycles. The number of likely N-dealkylation sites (tertiary alicyclic amines) is 1. The lowest BCUT2D eigenvalue weighted by molar-refractivity contribution is -0.140. The molecule has 23 heavy (non-hydrogen) atoms. The Hall–Kier alpha value is -2.14. The summed E-state index contributed by atoms with van der Waals surface area (Å²) in [6.45, 7) is 2.91. The molecular weight excluding hydrogens is 290 g/mol. The Morgan fingerprint density at radius 1 is 1.35 bits per heavy atom. The Balaban J connectivity index is 1.65. The minimum absolute atomic E-state index is 0.169. The summed E-state index contributed by atoms with van der Waals surface area (Å²) in [4.78, 5) is 13.6. The molecule has 1 aliphatic rings. The summed E-state index contributed by atoms with van der Waals surface area (Å²) in [6, 6.07) is 10.4. The molecule has 1 atom stereocenters. The zero-order valence-electron chi connectivity index (χ0n) is 13.4. The average Bonchev–Trinajstić information content (AvgIpc) is 3.03. The third-order valence-electron chi connectivity index (χ3n) is 4.56. The first-order chi connectivity index (χ1) is 11.1. The molecule has 1 fully saturated rings. The van der Waals surface area contributed by atoms with Crippen molar-refractivity contribution in [2.45, 2.75) is 38.2 Å². The molecule has 122 valence electrons. The highest BCUT2D eigenvalue weighted by Crippen LogP contribution is 2.30. The summed E-state index contributed by atoms with van der Waals surface area (Å²) in [5, 5.41) is 16.8. The van der Waals surface area contributed by atoms with Gasteiger partial charge in [0.25, 0.3) is 5.91 Å². The molecule has 2 heterocycles. The van der Waals surface area contributed by atoms with Gasteiger partial charge in [0, 0.05) is 31.1 Å². The molecule has 1 amide bonds. The number of H-pyrrole nitrogens is 1. The number of hydrogen-bond donors (Lipinski definition) is 2. The fourth-order valence-corrected chi connectivity index (χ4v) is 3.28. The number of benzene rings is 1. The fraction of sp³-hybridized carbons (Fsp3) is 0.444. The first kappa shape index (κ1) is 15.7. The number of carbonyl (C=O) groups excluding carboxylic acids is 1. The van der Waals surface area contributed by atoms with Crippen LogP contribution in [0.4, 0.5) is 0 Å². The number of carbonyl (C=O) groups is 1. The molecule has 1 aliphatic heterocycles. The van der Waals surface area contributed by atoms with Gasteiger partial charge in [-0.1, -0.05) is 30.3 Å². The van der Waals surface area contributed by atoms with Crippen LogP contribution in [0.1, 0.15) is 42.5 Å². The fourth-order valence-electron chi connectivity index (χ4n) is 3.28. The SMILES string of the molecule is CC(O)C(=O)N1CCC(c2[nH]ncc2Cc2ccccc2)CC1. The van der Waals surface area contributed by atoms with Crippen molar-refractivity contribution >= 4 is 5.91 Å².